The van der Waals surface area contributed by atoms with Crippen LogP contribution in [0.4, 0.5) is 18.9 Å². The normalized spacial score (nSPS) is 14.8. The highest BCUT2D eigenvalue weighted by Gasteiger charge is 2.43. The number of nitrogens with zero attached hydrogens (tertiary/aromatic N) is 4. The molecule has 1 aliphatic carbocycles. The number of halogens is 4. The molecular weight excluding hydrogens is 471 g/mol. The van der Waals surface area contributed by atoms with Crippen molar-refractivity contribution < 1.29 is 22.7 Å². The number of rotatable bonds is 7. The molecule has 4 rings (SSSR count). The average molecular weight is 496 g/mol. The minimum absolute atomic E-state index is 0.125. The van der Waals surface area contributed by atoms with Crippen molar-refractivity contribution in [3.05, 3.63) is 57.6 Å². The number of benzene rings is 1. The summed E-state index contributed by atoms with van der Waals surface area (Å²) in [5.74, 6) is 0.103. The first-order valence-corrected chi connectivity index (χ1v) is 11.2. The van der Waals surface area contributed by atoms with E-state index in [1.165, 1.54) is 6.92 Å². The Morgan fingerprint density at radius 2 is 2.00 bits per heavy atom. The lowest BCUT2D eigenvalue weighted by atomic mass is 10.2. The Bertz CT molecular complexity index is 1230. The van der Waals surface area contributed by atoms with E-state index in [4.69, 9.17) is 16.3 Å². The molecule has 2 aromatic heterocycles. The van der Waals surface area contributed by atoms with Gasteiger partial charge in [0.1, 0.15) is 11.8 Å². The molecule has 0 spiro atoms. The van der Waals surface area contributed by atoms with E-state index < -0.39 is 28.8 Å². The van der Waals surface area contributed by atoms with Crippen molar-refractivity contribution in [2.45, 2.75) is 58.3 Å². The molecule has 1 amide bonds. The van der Waals surface area contributed by atoms with Crippen molar-refractivity contribution in [1.29, 1.82) is 0 Å². The quantitative estimate of drug-likeness (QED) is 0.469. The van der Waals surface area contributed by atoms with Crippen LogP contribution in [-0.4, -0.2) is 32.6 Å². The van der Waals surface area contributed by atoms with E-state index in [-0.39, 0.29) is 11.6 Å². The third-order valence-corrected chi connectivity index (χ3v) is 6.34. The van der Waals surface area contributed by atoms with Crippen LogP contribution in [0.1, 0.15) is 60.1 Å². The lowest BCUT2D eigenvalue weighted by Crippen LogP contribution is -2.26. The molecule has 0 aliphatic heterocycles. The fourth-order valence-corrected chi connectivity index (χ4v) is 4.33. The number of carbonyl (C=O) groups excluding carboxylic acids is 1. The van der Waals surface area contributed by atoms with Crippen LogP contribution in [0, 0.1) is 13.8 Å². The summed E-state index contributed by atoms with van der Waals surface area (Å²) in [6, 6.07) is 6.57. The monoisotopic (exact) mass is 495 g/mol. The van der Waals surface area contributed by atoms with Gasteiger partial charge in [0.15, 0.2) is 5.69 Å². The molecule has 7 nitrogen and oxygen atoms in total. The lowest BCUT2D eigenvalue weighted by Gasteiger charge is -2.16. The van der Waals surface area contributed by atoms with Crippen molar-refractivity contribution in [2.24, 2.45) is 0 Å². The van der Waals surface area contributed by atoms with Crippen molar-refractivity contribution in [3.8, 4) is 5.75 Å². The second-order valence-electron chi connectivity index (χ2n) is 8.48. The Morgan fingerprint density at radius 3 is 2.62 bits per heavy atom. The van der Waals surface area contributed by atoms with Gasteiger partial charge in [0.25, 0.3) is 0 Å². The number of aromatic nitrogens is 4. The molecule has 1 fully saturated rings. The van der Waals surface area contributed by atoms with Crippen LogP contribution in [0.2, 0.25) is 5.02 Å². The summed E-state index contributed by atoms with van der Waals surface area (Å²) in [7, 11) is 1.59. The van der Waals surface area contributed by atoms with Gasteiger partial charge in [0, 0.05) is 5.92 Å². The summed E-state index contributed by atoms with van der Waals surface area (Å²) in [4.78, 5) is 13.1. The summed E-state index contributed by atoms with van der Waals surface area (Å²) in [5, 5.41) is 10.6. The highest BCUT2D eigenvalue weighted by atomic mass is 35.5. The molecule has 11 heteroatoms. The molecule has 1 N–H and O–H groups in total. The first-order valence-electron chi connectivity index (χ1n) is 10.8. The number of hydrogen-bond donors (Lipinski definition) is 1. The number of methoxy groups -OCH3 is 1. The lowest BCUT2D eigenvalue weighted by molar-refractivity contribution is -0.141. The van der Waals surface area contributed by atoms with Gasteiger partial charge in [0.05, 0.1) is 41.4 Å². The van der Waals surface area contributed by atoms with Gasteiger partial charge in [-0.2, -0.15) is 23.4 Å². The smallest absolute Gasteiger partial charge is 0.436 e. The van der Waals surface area contributed by atoms with E-state index in [2.05, 4.69) is 15.5 Å². The fourth-order valence-electron chi connectivity index (χ4n) is 3.94. The number of amides is 1. The molecule has 1 saturated carbocycles. The SMILES string of the molecule is COc1cccc(Cn2nc(C)c(NC(=O)C(C)n3nc(C(F)(F)F)c(Cl)c3C3CC3)c2C)c1. The summed E-state index contributed by atoms with van der Waals surface area (Å²) >= 11 is 6.05. The Kier molecular flexibility index (Phi) is 6.37. The average Bonchev–Trinajstić information content (AvgIpc) is 3.51. The zero-order chi connectivity index (χ0) is 24.8. The number of alkyl halides is 3. The first-order chi connectivity index (χ1) is 16.0. The molecule has 1 aliphatic rings. The van der Waals surface area contributed by atoms with E-state index in [0.29, 0.717) is 30.8 Å². The highest BCUT2D eigenvalue weighted by molar-refractivity contribution is 6.32. The second kappa shape index (κ2) is 8.98. The van der Waals surface area contributed by atoms with Gasteiger partial charge in [-0.05, 0) is 51.3 Å². The van der Waals surface area contributed by atoms with E-state index in [9.17, 15) is 18.0 Å². The fraction of sp³-hybridized carbons (Fsp3) is 0.435. The van der Waals surface area contributed by atoms with Gasteiger partial charge in [-0.25, -0.2) is 0 Å². The molecule has 182 valence electrons. The van der Waals surface area contributed by atoms with Crippen molar-refractivity contribution >= 4 is 23.2 Å². The van der Waals surface area contributed by atoms with Crippen LogP contribution in [-0.2, 0) is 17.5 Å². The summed E-state index contributed by atoms with van der Waals surface area (Å²) in [5.41, 5.74) is 1.90. The van der Waals surface area contributed by atoms with E-state index >= 15 is 0 Å². The maximum Gasteiger partial charge on any atom is 0.436 e. The predicted molar refractivity (Wildman–Crippen MR) is 121 cm³/mol. The van der Waals surface area contributed by atoms with E-state index in [1.54, 1.807) is 18.7 Å². The number of hydrogen-bond acceptors (Lipinski definition) is 4. The van der Waals surface area contributed by atoms with Crippen LogP contribution in [0.3, 0.4) is 0 Å². The number of carbonyl (C=O) groups is 1. The number of nitrogens with one attached hydrogen (secondary N) is 1. The molecular formula is C23H25ClF3N5O2. The summed E-state index contributed by atoms with van der Waals surface area (Å²) < 4.78 is 48.3. The summed E-state index contributed by atoms with van der Waals surface area (Å²) in [6.07, 6.45) is -3.27. The Morgan fingerprint density at radius 1 is 1.29 bits per heavy atom. The molecule has 34 heavy (non-hydrogen) atoms. The molecule has 0 saturated heterocycles. The zero-order valence-electron chi connectivity index (χ0n) is 19.2. The minimum Gasteiger partial charge on any atom is -0.497 e. The first kappa shape index (κ1) is 24.1. The van der Waals surface area contributed by atoms with Gasteiger partial charge < -0.3 is 10.1 Å². The number of ether oxygens (including phenoxy) is 1. The maximum atomic E-state index is 13.4. The summed E-state index contributed by atoms with van der Waals surface area (Å²) in [6.45, 7) is 5.56. The highest BCUT2D eigenvalue weighted by Crippen LogP contribution is 2.47. The number of anilines is 1. The van der Waals surface area contributed by atoms with Crippen molar-refractivity contribution in [2.75, 3.05) is 12.4 Å². The number of aryl methyl sites for hydroxylation is 1. The van der Waals surface area contributed by atoms with Crippen LogP contribution < -0.4 is 10.1 Å². The largest absolute Gasteiger partial charge is 0.497 e. The molecule has 0 bridgehead atoms. The molecule has 1 atom stereocenters. The van der Waals surface area contributed by atoms with Gasteiger partial charge in [-0.15, -0.1) is 0 Å². The minimum atomic E-state index is -4.70. The van der Waals surface area contributed by atoms with Crippen LogP contribution in [0.5, 0.6) is 5.75 Å². The Balaban J connectivity index is 1.58. The third-order valence-electron chi connectivity index (χ3n) is 5.96. The van der Waals surface area contributed by atoms with Crippen LogP contribution in [0.15, 0.2) is 24.3 Å². The van der Waals surface area contributed by atoms with Gasteiger partial charge in [-0.1, -0.05) is 23.7 Å². The Hall–Kier alpha value is -3.01. The van der Waals surface area contributed by atoms with Crippen LogP contribution >= 0.6 is 11.6 Å². The maximum absolute atomic E-state index is 13.4. The van der Waals surface area contributed by atoms with Crippen molar-refractivity contribution in [3.63, 3.8) is 0 Å². The van der Waals surface area contributed by atoms with E-state index in [0.717, 1.165) is 21.7 Å². The molecule has 1 unspecified atom stereocenters. The standard InChI is InChI=1S/C23H25ClF3N5O2/c1-12-19(13(2)31(29-12)11-15-6-5-7-17(10-15)34-4)28-22(33)14(3)32-20(16-8-9-16)18(24)21(30-32)23(25,26)27/h5-7,10,14,16H,8-9,11H2,1-4H3,(H,28,33). The van der Waals surface area contributed by atoms with E-state index in [1.807, 2.05) is 31.2 Å². The molecule has 2 heterocycles. The predicted octanol–water partition coefficient (Wildman–Crippen LogP) is 5.50. The second-order valence-corrected chi connectivity index (χ2v) is 8.86. The third kappa shape index (κ3) is 4.64. The van der Waals surface area contributed by atoms with Gasteiger partial charge in [-0.3, -0.25) is 14.2 Å². The topological polar surface area (TPSA) is 74.0 Å². The van der Waals surface area contributed by atoms with Crippen LogP contribution in [0.25, 0.3) is 0 Å². The van der Waals surface area contributed by atoms with Gasteiger partial charge in [0.2, 0.25) is 5.91 Å². The van der Waals surface area contributed by atoms with Gasteiger partial charge >= 0.3 is 6.18 Å². The molecule has 1 aromatic carbocycles. The zero-order valence-corrected chi connectivity index (χ0v) is 20.0. The van der Waals surface area contributed by atoms with Crippen molar-refractivity contribution in [1.82, 2.24) is 19.6 Å². The Labute approximate surface area is 199 Å². The molecule has 0 radical (unpaired) electrons. The molecule has 3 aromatic rings.